The number of anilines is 2. The van der Waals surface area contributed by atoms with Gasteiger partial charge in [-0.3, -0.25) is 9.47 Å². The van der Waals surface area contributed by atoms with Gasteiger partial charge in [-0.25, -0.2) is 14.8 Å². The number of fused-ring (bicyclic) bond motifs is 2. The molecule has 0 bridgehead atoms. The zero-order valence-electron chi connectivity index (χ0n) is 23.7. The van der Waals surface area contributed by atoms with Crippen molar-refractivity contribution in [1.82, 2.24) is 29.3 Å². The number of carbonyl (C=O) groups is 1. The van der Waals surface area contributed by atoms with Crippen molar-refractivity contribution < 1.29 is 4.79 Å². The number of piperazine rings is 1. The molecule has 5 aromatic rings. The van der Waals surface area contributed by atoms with Crippen molar-refractivity contribution in [2.75, 3.05) is 36.8 Å². The molecule has 2 N–H and O–H groups in total. The van der Waals surface area contributed by atoms with Crippen LogP contribution in [0.25, 0.3) is 27.6 Å². The maximum absolute atomic E-state index is 13.5. The highest BCUT2D eigenvalue weighted by atomic mass is 16.2. The molecule has 9 heteroatoms. The molecular formula is C32H36N8O. The Bertz CT molecular complexity index is 1660. The van der Waals surface area contributed by atoms with Crippen LogP contribution in [-0.4, -0.2) is 73.6 Å². The van der Waals surface area contributed by atoms with E-state index in [0.29, 0.717) is 25.0 Å². The van der Waals surface area contributed by atoms with E-state index in [1.165, 1.54) is 0 Å². The number of hydrogen-bond donors (Lipinski definition) is 2. The summed E-state index contributed by atoms with van der Waals surface area (Å²) in [4.78, 5) is 31.7. The second kappa shape index (κ2) is 11.5. The van der Waals surface area contributed by atoms with Crippen molar-refractivity contribution in [3.8, 4) is 5.82 Å². The van der Waals surface area contributed by atoms with Crippen LogP contribution in [-0.2, 0) is 0 Å². The van der Waals surface area contributed by atoms with E-state index in [4.69, 9.17) is 4.98 Å². The molecule has 0 spiro atoms. The van der Waals surface area contributed by atoms with Gasteiger partial charge in [0.2, 0.25) is 5.95 Å². The van der Waals surface area contributed by atoms with Crippen molar-refractivity contribution in [3.63, 3.8) is 0 Å². The average molecular weight is 549 g/mol. The van der Waals surface area contributed by atoms with Crippen molar-refractivity contribution in [3.05, 3.63) is 85.3 Å². The predicted molar refractivity (Wildman–Crippen MR) is 164 cm³/mol. The van der Waals surface area contributed by atoms with Crippen LogP contribution in [0.2, 0.25) is 0 Å². The third kappa shape index (κ3) is 5.71. The van der Waals surface area contributed by atoms with E-state index in [-0.39, 0.29) is 18.1 Å². The first-order valence-electron chi connectivity index (χ1n) is 14.3. The van der Waals surface area contributed by atoms with Crippen molar-refractivity contribution in [2.24, 2.45) is 5.92 Å². The number of hydrogen-bond acceptors (Lipinski definition) is 6. The third-order valence-corrected chi connectivity index (χ3v) is 7.73. The minimum Gasteiger partial charge on any atom is -0.350 e. The van der Waals surface area contributed by atoms with Gasteiger partial charge in [-0.2, -0.15) is 4.98 Å². The van der Waals surface area contributed by atoms with Gasteiger partial charge in [-0.05, 0) is 42.5 Å². The quantitative estimate of drug-likeness (QED) is 0.273. The van der Waals surface area contributed by atoms with E-state index in [0.717, 1.165) is 46.4 Å². The zero-order chi connectivity index (χ0) is 28.3. The van der Waals surface area contributed by atoms with Crippen molar-refractivity contribution >= 4 is 39.5 Å². The number of amides is 2. The largest absolute Gasteiger partial charge is 0.350 e. The summed E-state index contributed by atoms with van der Waals surface area (Å²) in [6.45, 7) is 9.65. The van der Waals surface area contributed by atoms with E-state index >= 15 is 0 Å². The van der Waals surface area contributed by atoms with Gasteiger partial charge in [-0.1, -0.05) is 62.4 Å². The number of rotatable bonds is 7. The lowest BCUT2D eigenvalue weighted by atomic mass is 10.0. The highest BCUT2D eigenvalue weighted by Gasteiger charge is 2.34. The van der Waals surface area contributed by atoms with Crippen LogP contribution in [0.4, 0.5) is 16.4 Å². The minimum atomic E-state index is -0.0759. The van der Waals surface area contributed by atoms with Crippen molar-refractivity contribution in [2.45, 2.75) is 32.9 Å². The smallest absolute Gasteiger partial charge is 0.321 e. The Morgan fingerprint density at radius 2 is 1.76 bits per heavy atom. The lowest BCUT2D eigenvalue weighted by molar-refractivity contribution is 0.0767. The molecule has 0 saturated carbocycles. The molecule has 9 nitrogen and oxygen atoms in total. The number of urea groups is 1. The topological polar surface area (TPSA) is 91.2 Å². The van der Waals surface area contributed by atoms with Gasteiger partial charge < -0.3 is 15.5 Å². The highest BCUT2D eigenvalue weighted by molar-refractivity contribution is 6.01. The van der Waals surface area contributed by atoms with Crippen LogP contribution < -0.4 is 10.6 Å². The summed E-state index contributed by atoms with van der Waals surface area (Å²) in [6, 6.07) is 24.0. The molecule has 1 saturated heterocycles. The number of carbonyl (C=O) groups excluding carboxylic acids is 1. The van der Waals surface area contributed by atoms with Crippen LogP contribution >= 0.6 is 0 Å². The molecule has 2 unspecified atom stereocenters. The maximum atomic E-state index is 13.5. The highest BCUT2D eigenvalue weighted by Crippen LogP contribution is 2.25. The number of benzene rings is 3. The van der Waals surface area contributed by atoms with Crippen LogP contribution in [0.5, 0.6) is 0 Å². The molecule has 41 heavy (non-hydrogen) atoms. The lowest BCUT2D eigenvalue weighted by Crippen LogP contribution is -2.60. The molecule has 0 aliphatic carbocycles. The van der Waals surface area contributed by atoms with E-state index in [1.807, 2.05) is 70.1 Å². The number of imidazole rings is 1. The normalized spacial score (nSPS) is 16.8. The molecule has 1 aliphatic heterocycles. The van der Waals surface area contributed by atoms with Crippen LogP contribution in [0, 0.1) is 5.92 Å². The Morgan fingerprint density at radius 1 is 0.951 bits per heavy atom. The Kier molecular flexibility index (Phi) is 7.52. The van der Waals surface area contributed by atoms with E-state index in [1.54, 1.807) is 12.5 Å². The number of aromatic nitrogens is 4. The zero-order valence-corrected chi connectivity index (χ0v) is 23.7. The number of nitrogens with zero attached hydrogens (tertiary/aromatic N) is 6. The summed E-state index contributed by atoms with van der Waals surface area (Å²) in [5.41, 5.74) is 2.74. The van der Waals surface area contributed by atoms with Gasteiger partial charge in [0.25, 0.3) is 0 Å². The molecule has 3 heterocycles. The fourth-order valence-corrected chi connectivity index (χ4v) is 5.73. The maximum Gasteiger partial charge on any atom is 0.321 e. The molecule has 2 amide bonds. The molecule has 1 aliphatic rings. The molecular weight excluding hydrogens is 512 g/mol. The number of para-hydroxylation sites is 2. The summed E-state index contributed by atoms with van der Waals surface area (Å²) in [5.74, 6) is 1.81. The Hall–Kier alpha value is -4.50. The minimum absolute atomic E-state index is 0.00307. The summed E-state index contributed by atoms with van der Waals surface area (Å²) in [5, 5.41) is 8.86. The standard InChI is InChI=1S/C32H36N8O/c1-22(2)19-38-17-18-39(32(41)36-26-13-8-10-24-9-4-5-11-25(24)26)20-29(38)23(3)35-31-33-16-15-30(37-31)40-21-34-27-12-6-7-14-28(27)40/h4-16,21-23,29H,17-20H2,1-3H3,(H,36,41)(H,33,35,37). The van der Waals surface area contributed by atoms with Crippen molar-refractivity contribution in [1.29, 1.82) is 0 Å². The van der Waals surface area contributed by atoms with Gasteiger partial charge in [0.1, 0.15) is 12.1 Å². The second-order valence-electron chi connectivity index (χ2n) is 11.1. The first kappa shape index (κ1) is 26.7. The third-order valence-electron chi connectivity index (χ3n) is 7.73. The van der Waals surface area contributed by atoms with E-state index in [2.05, 4.69) is 58.4 Å². The van der Waals surface area contributed by atoms with E-state index < -0.39 is 0 Å². The Balaban J connectivity index is 1.20. The SMILES string of the molecule is CC(C)CN1CCN(C(=O)Nc2cccc3ccccc23)CC1C(C)Nc1nccc(-n2cnc3ccccc32)n1. The van der Waals surface area contributed by atoms with Crippen LogP contribution in [0.3, 0.4) is 0 Å². The predicted octanol–water partition coefficient (Wildman–Crippen LogP) is 5.64. The molecule has 3 aromatic carbocycles. The fourth-order valence-electron chi connectivity index (χ4n) is 5.73. The second-order valence-corrected chi connectivity index (χ2v) is 11.1. The van der Waals surface area contributed by atoms with Gasteiger partial charge in [0.15, 0.2) is 0 Å². The van der Waals surface area contributed by atoms with Gasteiger partial charge in [0, 0.05) is 49.8 Å². The lowest BCUT2D eigenvalue weighted by Gasteiger charge is -2.44. The average Bonchev–Trinajstić information content (AvgIpc) is 3.42. The van der Waals surface area contributed by atoms with Crippen LogP contribution in [0.15, 0.2) is 85.3 Å². The first-order valence-corrected chi connectivity index (χ1v) is 14.3. The molecule has 210 valence electrons. The molecule has 1 fully saturated rings. The molecule has 6 rings (SSSR count). The fraction of sp³-hybridized carbons (Fsp3) is 0.312. The number of nitrogens with one attached hydrogen (secondary N) is 2. The van der Waals surface area contributed by atoms with Crippen LogP contribution in [0.1, 0.15) is 20.8 Å². The summed E-state index contributed by atoms with van der Waals surface area (Å²) >= 11 is 0. The summed E-state index contributed by atoms with van der Waals surface area (Å²) in [7, 11) is 0. The Labute approximate surface area is 240 Å². The monoisotopic (exact) mass is 548 g/mol. The molecule has 0 radical (unpaired) electrons. The molecule has 2 atom stereocenters. The summed E-state index contributed by atoms with van der Waals surface area (Å²) in [6.07, 6.45) is 3.56. The molecule has 2 aromatic heterocycles. The van der Waals surface area contributed by atoms with Gasteiger partial charge >= 0.3 is 6.03 Å². The Morgan fingerprint density at radius 3 is 2.63 bits per heavy atom. The van der Waals surface area contributed by atoms with E-state index in [9.17, 15) is 4.79 Å². The van der Waals surface area contributed by atoms with Gasteiger partial charge in [0.05, 0.1) is 16.7 Å². The first-order chi connectivity index (χ1) is 20.0. The van der Waals surface area contributed by atoms with Gasteiger partial charge in [-0.15, -0.1) is 0 Å². The summed E-state index contributed by atoms with van der Waals surface area (Å²) < 4.78 is 1.97.